The number of hydrogen-bond acceptors (Lipinski definition) is 2. The number of aromatic nitrogens is 3. The van der Waals surface area contributed by atoms with Crippen LogP contribution in [0, 0.1) is 0 Å². The van der Waals surface area contributed by atoms with E-state index in [1.165, 1.54) is 10.6 Å². The van der Waals surface area contributed by atoms with Crippen LogP contribution in [0.2, 0.25) is 19.6 Å². The monoisotopic (exact) mass is 395 g/mol. The normalized spacial score (nSPS) is 12.0. The summed E-state index contributed by atoms with van der Waals surface area (Å²) in [7, 11) is -1.39. The summed E-state index contributed by atoms with van der Waals surface area (Å²) in [4.78, 5) is 13.2. The van der Waals surface area contributed by atoms with Crippen molar-refractivity contribution in [2.45, 2.75) is 19.6 Å². The number of nitrogens with one attached hydrogen (secondary N) is 1. The van der Waals surface area contributed by atoms with Gasteiger partial charge in [0.15, 0.2) is 6.20 Å². The molecular formula is C24H26BN3Si. The topological polar surface area (TPSA) is 39.9 Å². The van der Waals surface area contributed by atoms with Crippen LogP contribution in [0.25, 0.3) is 0 Å². The van der Waals surface area contributed by atoms with Crippen LogP contribution in [0.3, 0.4) is 0 Å². The molecule has 1 N–H and O–H groups in total. The molecule has 3 nitrogen and oxygen atoms in total. The molecule has 0 unspecified atom stereocenters. The molecule has 4 aromatic rings. The van der Waals surface area contributed by atoms with Crippen molar-refractivity contribution >= 4 is 41.6 Å². The SMILES string of the molecule is C[Si](C)(C)c1ccc([B-](c2ccccn2)(c2ccccn2)c2cccc[nH+]2)cc1. The lowest BCUT2D eigenvalue weighted by atomic mass is 9.16. The Labute approximate surface area is 173 Å². The fourth-order valence-corrected chi connectivity index (χ4v) is 5.37. The second-order valence-corrected chi connectivity index (χ2v) is 13.6. The van der Waals surface area contributed by atoms with Crippen molar-refractivity contribution in [1.29, 1.82) is 0 Å². The Hall–Kier alpha value is -3.05. The zero-order chi connectivity index (χ0) is 20.3. The molecule has 0 saturated carbocycles. The van der Waals surface area contributed by atoms with Crippen molar-refractivity contribution in [3.63, 3.8) is 0 Å². The summed E-state index contributed by atoms with van der Waals surface area (Å²) in [6.45, 7) is 7.13. The first kappa shape index (κ1) is 19.3. The van der Waals surface area contributed by atoms with E-state index < -0.39 is 14.2 Å². The van der Waals surface area contributed by atoms with E-state index in [2.05, 4.69) is 85.3 Å². The van der Waals surface area contributed by atoms with Gasteiger partial charge in [0.25, 0.3) is 0 Å². The largest absolute Gasteiger partial charge is 0.302 e. The minimum atomic E-state index is -1.53. The zero-order valence-corrected chi connectivity index (χ0v) is 18.2. The number of aromatic amines is 1. The van der Waals surface area contributed by atoms with Crippen LogP contribution in [-0.2, 0) is 0 Å². The molecule has 4 rings (SSSR count). The first-order valence-electron chi connectivity index (χ1n) is 10.1. The summed E-state index contributed by atoms with van der Waals surface area (Å²) in [5.74, 6) is 0. The molecule has 3 heterocycles. The molecule has 0 bridgehead atoms. The second kappa shape index (κ2) is 7.76. The average molecular weight is 395 g/mol. The highest BCUT2D eigenvalue weighted by molar-refractivity contribution is 7.18. The minimum absolute atomic E-state index is 1.01. The van der Waals surface area contributed by atoms with Crippen molar-refractivity contribution in [3.8, 4) is 0 Å². The van der Waals surface area contributed by atoms with E-state index >= 15 is 0 Å². The van der Waals surface area contributed by atoms with Crippen molar-refractivity contribution in [1.82, 2.24) is 9.97 Å². The van der Waals surface area contributed by atoms with Crippen LogP contribution >= 0.6 is 0 Å². The third-order valence-electron chi connectivity index (χ3n) is 5.74. The smallest absolute Gasteiger partial charge is 0.219 e. The van der Waals surface area contributed by atoms with Gasteiger partial charge in [0.2, 0.25) is 6.15 Å². The summed E-state index contributed by atoms with van der Waals surface area (Å²) < 4.78 is 0. The maximum absolute atomic E-state index is 4.83. The lowest BCUT2D eigenvalue weighted by Gasteiger charge is -2.37. The van der Waals surface area contributed by atoms with Gasteiger partial charge in [-0.05, 0) is 18.2 Å². The molecule has 0 fully saturated rings. The Kier molecular flexibility index (Phi) is 5.16. The Morgan fingerprint density at radius 1 is 0.690 bits per heavy atom. The van der Waals surface area contributed by atoms with Gasteiger partial charge < -0.3 is 9.97 Å². The number of rotatable bonds is 5. The number of H-pyrrole nitrogens is 1. The summed E-state index contributed by atoms with van der Waals surface area (Å²) in [5.41, 5.74) is 4.33. The predicted molar refractivity (Wildman–Crippen MR) is 125 cm³/mol. The third kappa shape index (κ3) is 3.54. The maximum Gasteiger partial charge on any atom is 0.219 e. The van der Waals surface area contributed by atoms with Gasteiger partial charge in [-0.15, -0.1) is 0 Å². The van der Waals surface area contributed by atoms with E-state index in [9.17, 15) is 0 Å². The van der Waals surface area contributed by atoms with Gasteiger partial charge in [0, 0.05) is 24.1 Å². The molecule has 0 aliphatic heterocycles. The number of hydrogen-bond donors (Lipinski definition) is 0. The van der Waals surface area contributed by atoms with Gasteiger partial charge >= 0.3 is 0 Å². The molecule has 0 aliphatic carbocycles. The van der Waals surface area contributed by atoms with Crippen molar-refractivity contribution < 1.29 is 4.98 Å². The Bertz CT molecular complexity index is 967. The molecule has 29 heavy (non-hydrogen) atoms. The summed E-state index contributed by atoms with van der Waals surface area (Å²) in [5, 5.41) is 1.45. The van der Waals surface area contributed by atoms with Crippen molar-refractivity contribution in [2.75, 3.05) is 0 Å². The van der Waals surface area contributed by atoms with Crippen molar-refractivity contribution in [3.05, 3.63) is 97.5 Å². The minimum Gasteiger partial charge on any atom is -0.302 e. The first-order valence-corrected chi connectivity index (χ1v) is 13.6. The van der Waals surface area contributed by atoms with Gasteiger partial charge in [-0.3, -0.25) is 4.98 Å². The molecule has 5 heteroatoms. The van der Waals surface area contributed by atoms with E-state index in [0.29, 0.717) is 0 Å². The van der Waals surface area contributed by atoms with Crippen LogP contribution < -0.4 is 32.4 Å². The maximum atomic E-state index is 4.83. The van der Waals surface area contributed by atoms with Gasteiger partial charge in [-0.2, -0.15) is 5.46 Å². The zero-order valence-electron chi connectivity index (χ0n) is 17.2. The van der Waals surface area contributed by atoms with Crippen molar-refractivity contribution in [2.24, 2.45) is 0 Å². The van der Waals surface area contributed by atoms with Crippen LogP contribution in [0.5, 0.6) is 0 Å². The van der Waals surface area contributed by atoms with Crippen LogP contribution in [0.1, 0.15) is 0 Å². The molecule has 0 saturated heterocycles. The standard InChI is InChI=1S/C24H25BN3Si/c1-29(2,3)21-15-13-20(14-16-21)25(22-10-4-7-17-26-22,23-11-5-8-18-27-23)24-12-6-9-19-28-24/h4-19H,1-3H3/q-1/p+1. The highest BCUT2D eigenvalue weighted by Crippen LogP contribution is 2.06. The summed E-state index contributed by atoms with van der Waals surface area (Å²) in [6, 6.07) is 27.6. The van der Waals surface area contributed by atoms with Gasteiger partial charge in [0.1, 0.15) is 0 Å². The van der Waals surface area contributed by atoms with Crippen LogP contribution in [0.15, 0.2) is 97.5 Å². The summed E-state index contributed by atoms with van der Waals surface area (Å²) in [6.07, 6.45) is 4.19. The van der Waals surface area contributed by atoms with Crippen LogP contribution in [-0.4, -0.2) is 24.2 Å². The molecule has 1 aromatic carbocycles. The van der Waals surface area contributed by atoms with Gasteiger partial charge in [-0.1, -0.05) is 90.6 Å². The first-order chi connectivity index (χ1) is 14.0. The molecule has 0 spiro atoms. The highest BCUT2D eigenvalue weighted by Gasteiger charge is 2.39. The van der Waals surface area contributed by atoms with Crippen LogP contribution in [0.4, 0.5) is 0 Å². The van der Waals surface area contributed by atoms with E-state index in [-0.39, 0.29) is 0 Å². The molecule has 0 atom stereocenters. The van der Waals surface area contributed by atoms with E-state index in [1.807, 2.05) is 36.8 Å². The Morgan fingerprint density at radius 2 is 1.28 bits per heavy atom. The van der Waals surface area contributed by atoms with Gasteiger partial charge in [0.05, 0.1) is 8.07 Å². The highest BCUT2D eigenvalue weighted by atomic mass is 28.3. The number of pyridine rings is 3. The Morgan fingerprint density at radius 3 is 1.72 bits per heavy atom. The lowest BCUT2D eigenvalue weighted by Crippen LogP contribution is -2.79. The quantitative estimate of drug-likeness (QED) is 0.477. The predicted octanol–water partition coefficient (Wildman–Crippen LogP) is 1.21. The van der Waals surface area contributed by atoms with Gasteiger partial charge in [-0.25, -0.2) is 0 Å². The molecule has 0 radical (unpaired) electrons. The molecular weight excluding hydrogens is 369 g/mol. The molecule has 0 aliphatic rings. The summed E-state index contributed by atoms with van der Waals surface area (Å²) >= 11 is 0. The third-order valence-corrected chi connectivity index (χ3v) is 7.80. The van der Waals surface area contributed by atoms with E-state index in [4.69, 9.17) is 9.97 Å². The lowest BCUT2D eigenvalue weighted by molar-refractivity contribution is -0.356. The molecule has 0 amide bonds. The van der Waals surface area contributed by atoms with E-state index in [0.717, 1.165) is 16.8 Å². The molecule has 144 valence electrons. The Balaban J connectivity index is 2.06. The average Bonchev–Trinajstić information content (AvgIpc) is 2.76. The number of nitrogens with zero attached hydrogens (tertiary/aromatic N) is 2. The second-order valence-electron chi connectivity index (χ2n) is 8.57. The fraction of sp³-hybridized carbons (Fsp3) is 0.125. The van der Waals surface area contributed by atoms with E-state index in [1.54, 1.807) is 0 Å². The fourth-order valence-electron chi connectivity index (χ4n) is 4.20. The number of benzene rings is 1. The molecule has 3 aromatic heterocycles.